The average molecular weight is 199 g/mol. The molecule has 1 nitrogen and oxygen atoms in total. The predicted octanol–water partition coefficient (Wildman–Crippen LogP) is 2.78. The molecule has 0 unspecified atom stereocenters. The van der Waals surface area contributed by atoms with Crippen molar-refractivity contribution in [1.29, 1.82) is 0 Å². The molecule has 0 aromatic rings. The van der Waals surface area contributed by atoms with Gasteiger partial charge in [-0.1, -0.05) is 0 Å². The Morgan fingerprint density at radius 3 is 1.73 bits per heavy atom. The highest BCUT2D eigenvalue weighted by Crippen LogP contribution is 2.18. The van der Waals surface area contributed by atoms with E-state index in [0.717, 1.165) is 25.7 Å². The highest BCUT2D eigenvalue weighted by atomic mass is 35.5. The van der Waals surface area contributed by atoms with Crippen LogP contribution in [-0.4, -0.2) is 22.5 Å². The molecule has 0 aliphatic rings. The van der Waals surface area contributed by atoms with Gasteiger partial charge in [0.1, 0.15) is 0 Å². The van der Waals surface area contributed by atoms with Crippen LogP contribution in [0.15, 0.2) is 0 Å². The van der Waals surface area contributed by atoms with Crippen molar-refractivity contribution < 1.29 is 5.11 Å². The summed E-state index contributed by atoms with van der Waals surface area (Å²) in [6, 6.07) is 0. The summed E-state index contributed by atoms with van der Waals surface area (Å²) in [6.07, 6.45) is 3.29. The lowest BCUT2D eigenvalue weighted by Crippen LogP contribution is -2.24. The van der Waals surface area contributed by atoms with Crippen molar-refractivity contribution in [2.24, 2.45) is 0 Å². The Bertz CT molecular complexity index is 84.1. The van der Waals surface area contributed by atoms with Crippen LogP contribution in [0.1, 0.15) is 32.6 Å². The summed E-state index contributed by atoms with van der Waals surface area (Å²) in [4.78, 5) is 0. The highest BCUT2D eigenvalue weighted by molar-refractivity contribution is 6.18. The summed E-state index contributed by atoms with van der Waals surface area (Å²) in [5.74, 6) is 1.24. The number of halogens is 2. The molecule has 0 amide bonds. The number of alkyl halides is 2. The molecule has 0 fully saturated rings. The van der Waals surface area contributed by atoms with E-state index in [1.54, 1.807) is 0 Å². The molecule has 0 aromatic carbocycles. The lowest BCUT2D eigenvalue weighted by Gasteiger charge is -2.21. The third kappa shape index (κ3) is 6.92. The van der Waals surface area contributed by atoms with E-state index >= 15 is 0 Å². The van der Waals surface area contributed by atoms with E-state index in [-0.39, 0.29) is 0 Å². The second-order valence-corrected chi connectivity index (χ2v) is 3.84. The fraction of sp³-hybridized carbons (Fsp3) is 1.00. The second kappa shape index (κ2) is 6.10. The maximum Gasteiger partial charge on any atom is 0.0620 e. The van der Waals surface area contributed by atoms with Gasteiger partial charge in [0.05, 0.1) is 5.60 Å². The first kappa shape index (κ1) is 11.5. The van der Waals surface area contributed by atoms with Gasteiger partial charge in [-0.3, -0.25) is 0 Å². The summed E-state index contributed by atoms with van der Waals surface area (Å²) in [6.45, 7) is 1.84. The molecule has 0 rings (SSSR count). The van der Waals surface area contributed by atoms with Gasteiger partial charge >= 0.3 is 0 Å². The Morgan fingerprint density at radius 1 is 1.09 bits per heavy atom. The van der Waals surface area contributed by atoms with E-state index in [4.69, 9.17) is 23.2 Å². The third-order valence-electron chi connectivity index (χ3n) is 1.70. The van der Waals surface area contributed by atoms with E-state index in [2.05, 4.69) is 0 Å². The number of hydrogen-bond acceptors (Lipinski definition) is 1. The molecule has 68 valence electrons. The van der Waals surface area contributed by atoms with Gasteiger partial charge in [-0.25, -0.2) is 0 Å². The molecule has 0 atom stereocenters. The minimum Gasteiger partial charge on any atom is -0.390 e. The number of rotatable bonds is 6. The fourth-order valence-corrected chi connectivity index (χ4v) is 1.29. The smallest absolute Gasteiger partial charge is 0.0620 e. The first-order valence-electron chi connectivity index (χ1n) is 3.97. The van der Waals surface area contributed by atoms with Gasteiger partial charge in [-0.2, -0.15) is 0 Å². The average Bonchev–Trinajstić information content (AvgIpc) is 1.97. The molecule has 0 aromatic heterocycles. The van der Waals surface area contributed by atoms with Crippen LogP contribution in [0.3, 0.4) is 0 Å². The molecule has 0 heterocycles. The van der Waals surface area contributed by atoms with Gasteiger partial charge in [0.15, 0.2) is 0 Å². The van der Waals surface area contributed by atoms with Gasteiger partial charge in [-0.05, 0) is 32.6 Å². The Kier molecular flexibility index (Phi) is 6.40. The van der Waals surface area contributed by atoms with Crippen LogP contribution in [0.4, 0.5) is 0 Å². The largest absolute Gasteiger partial charge is 0.390 e. The molecule has 0 saturated carbocycles. The standard InChI is InChI=1S/C8H16Cl2O/c1-8(11,4-2-6-9)5-3-7-10/h11H,2-7H2,1H3. The highest BCUT2D eigenvalue weighted by Gasteiger charge is 2.18. The quantitative estimate of drug-likeness (QED) is 0.652. The second-order valence-electron chi connectivity index (χ2n) is 3.08. The van der Waals surface area contributed by atoms with E-state index in [1.807, 2.05) is 6.92 Å². The van der Waals surface area contributed by atoms with E-state index in [1.165, 1.54) is 0 Å². The van der Waals surface area contributed by atoms with Crippen molar-refractivity contribution in [3.8, 4) is 0 Å². The van der Waals surface area contributed by atoms with Crippen molar-refractivity contribution >= 4 is 23.2 Å². The van der Waals surface area contributed by atoms with Crippen LogP contribution in [0.5, 0.6) is 0 Å². The summed E-state index contributed by atoms with van der Waals surface area (Å²) in [7, 11) is 0. The van der Waals surface area contributed by atoms with Gasteiger partial charge in [0.2, 0.25) is 0 Å². The van der Waals surface area contributed by atoms with Gasteiger partial charge in [-0.15, -0.1) is 23.2 Å². The zero-order valence-corrected chi connectivity index (χ0v) is 8.46. The van der Waals surface area contributed by atoms with Gasteiger partial charge < -0.3 is 5.11 Å². The van der Waals surface area contributed by atoms with Crippen molar-refractivity contribution in [1.82, 2.24) is 0 Å². The fourth-order valence-electron chi connectivity index (χ4n) is 1.02. The topological polar surface area (TPSA) is 20.2 Å². The molecule has 0 saturated heterocycles. The molecule has 0 aliphatic heterocycles. The summed E-state index contributed by atoms with van der Waals surface area (Å²) >= 11 is 11.0. The molecule has 1 N–H and O–H groups in total. The number of aliphatic hydroxyl groups is 1. The van der Waals surface area contributed by atoms with Crippen molar-refractivity contribution in [3.05, 3.63) is 0 Å². The molecule has 0 aliphatic carbocycles. The Balaban J connectivity index is 3.43. The Labute approximate surface area is 78.7 Å². The van der Waals surface area contributed by atoms with E-state index < -0.39 is 5.60 Å². The Hall–Kier alpha value is 0.540. The summed E-state index contributed by atoms with van der Waals surface area (Å²) in [5, 5.41) is 9.66. The first-order valence-corrected chi connectivity index (χ1v) is 5.03. The molecule has 0 radical (unpaired) electrons. The number of hydrogen-bond donors (Lipinski definition) is 1. The molecule has 0 spiro atoms. The maximum atomic E-state index is 9.66. The van der Waals surface area contributed by atoms with E-state index in [9.17, 15) is 5.11 Å². The third-order valence-corrected chi connectivity index (χ3v) is 2.23. The van der Waals surface area contributed by atoms with Crippen molar-refractivity contribution in [2.45, 2.75) is 38.2 Å². The lowest BCUT2D eigenvalue weighted by atomic mass is 9.95. The van der Waals surface area contributed by atoms with Crippen LogP contribution in [0.2, 0.25) is 0 Å². The summed E-state index contributed by atoms with van der Waals surface area (Å²) in [5.41, 5.74) is -0.566. The molecule has 11 heavy (non-hydrogen) atoms. The minimum absolute atomic E-state index is 0.566. The molecular weight excluding hydrogens is 183 g/mol. The van der Waals surface area contributed by atoms with Crippen LogP contribution >= 0.6 is 23.2 Å². The van der Waals surface area contributed by atoms with E-state index in [0.29, 0.717) is 11.8 Å². The van der Waals surface area contributed by atoms with Crippen LogP contribution in [0.25, 0.3) is 0 Å². The molecular formula is C8H16Cl2O. The van der Waals surface area contributed by atoms with Crippen LogP contribution < -0.4 is 0 Å². The Morgan fingerprint density at radius 2 is 1.45 bits per heavy atom. The minimum atomic E-state index is -0.566. The zero-order valence-electron chi connectivity index (χ0n) is 6.95. The SMILES string of the molecule is CC(O)(CCCCl)CCCCl. The maximum absolute atomic E-state index is 9.66. The first-order chi connectivity index (χ1) is 5.12. The van der Waals surface area contributed by atoms with Crippen LogP contribution in [-0.2, 0) is 0 Å². The molecule has 0 bridgehead atoms. The molecule has 3 heteroatoms. The predicted molar refractivity (Wildman–Crippen MR) is 50.5 cm³/mol. The van der Waals surface area contributed by atoms with Crippen molar-refractivity contribution in [2.75, 3.05) is 11.8 Å². The zero-order chi connectivity index (χ0) is 8.74. The summed E-state index contributed by atoms with van der Waals surface area (Å²) < 4.78 is 0. The van der Waals surface area contributed by atoms with Crippen molar-refractivity contribution in [3.63, 3.8) is 0 Å². The van der Waals surface area contributed by atoms with Crippen LogP contribution in [0, 0.1) is 0 Å². The monoisotopic (exact) mass is 198 g/mol. The van der Waals surface area contributed by atoms with Gasteiger partial charge in [0, 0.05) is 11.8 Å². The lowest BCUT2D eigenvalue weighted by molar-refractivity contribution is 0.0410. The normalized spacial score (nSPS) is 12.0. The van der Waals surface area contributed by atoms with Gasteiger partial charge in [0.25, 0.3) is 0 Å².